The van der Waals surface area contributed by atoms with Gasteiger partial charge in [-0.15, -0.1) is 0 Å². The van der Waals surface area contributed by atoms with Crippen molar-refractivity contribution in [2.45, 2.75) is 50.2 Å². The molecule has 8 nitrogen and oxygen atoms in total. The molecule has 0 spiro atoms. The van der Waals surface area contributed by atoms with Crippen molar-refractivity contribution in [3.63, 3.8) is 0 Å². The average Bonchev–Trinajstić information content (AvgIpc) is 3.18. The lowest BCUT2D eigenvalue weighted by atomic mass is 9.87. The lowest BCUT2D eigenvalue weighted by Gasteiger charge is -2.46. The average molecular weight is 479 g/mol. The van der Waals surface area contributed by atoms with Gasteiger partial charge < -0.3 is 33.9 Å². The zero-order valence-corrected chi connectivity index (χ0v) is 19.4. The predicted octanol–water partition coefficient (Wildman–Crippen LogP) is 2.54. The van der Waals surface area contributed by atoms with E-state index in [1.165, 1.54) is 14.0 Å². The second-order valence-corrected chi connectivity index (χ2v) is 8.51. The largest absolute Gasteiger partial charge is 0.494 e. The molecule has 2 aliphatic heterocycles. The Morgan fingerprint density at radius 1 is 1.18 bits per heavy atom. The Kier molecular flexibility index (Phi) is 6.68. The highest BCUT2D eigenvalue weighted by molar-refractivity contribution is 6.31. The first-order valence-corrected chi connectivity index (χ1v) is 11.1. The molecule has 2 saturated heterocycles. The van der Waals surface area contributed by atoms with Crippen LogP contribution < -0.4 is 4.74 Å². The van der Waals surface area contributed by atoms with Gasteiger partial charge in [-0.1, -0.05) is 29.8 Å². The SMILES string of the molecule is CCOc1ccc(Cc2cc([C@]34OC[C@](OC)(O3)[C@@H](O)[C@H](OC(C)=O)[C@H]4O)ccc2Cl)cc1. The number of aliphatic hydroxyl groups excluding tert-OH is 2. The van der Waals surface area contributed by atoms with Crippen molar-refractivity contribution in [2.75, 3.05) is 20.3 Å². The van der Waals surface area contributed by atoms with E-state index in [0.29, 0.717) is 23.6 Å². The summed E-state index contributed by atoms with van der Waals surface area (Å²) < 4.78 is 28.1. The summed E-state index contributed by atoms with van der Waals surface area (Å²) in [4.78, 5) is 11.6. The smallest absolute Gasteiger partial charge is 0.303 e. The first-order valence-electron chi connectivity index (χ1n) is 10.7. The van der Waals surface area contributed by atoms with Crippen LogP contribution in [-0.4, -0.2) is 60.6 Å². The molecule has 9 heteroatoms. The number of rotatable bonds is 7. The third kappa shape index (κ3) is 4.23. The first-order chi connectivity index (χ1) is 15.7. The van der Waals surface area contributed by atoms with Gasteiger partial charge in [0.25, 0.3) is 0 Å². The summed E-state index contributed by atoms with van der Waals surface area (Å²) in [5.41, 5.74) is 2.24. The minimum absolute atomic E-state index is 0.170. The van der Waals surface area contributed by atoms with Gasteiger partial charge in [-0.3, -0.25) is 4.79 Å². The number of aliphatic hydroxyl groups is 2. The van der Waals surface area contributed by atoms with Gasteiger partial charge in [-0.25, -0.2) is 0 Å². The molecular formula is C24H27ClO8. The zero-order chi connectivity index (χ0) is 23.8. The number of halogens is 1. The zero-order valence-electron chi connectivity index (χ0n) is 18.6. The molecular weight excluding hydrogens is 452 g/mol. The van der Waals surface area contributed by atoms with Gasteiger partial charge in [-0.2, -0.15) is 0 Å². The van der Waals surface area contributed by atoms with Crippen LogP contribution in [-0.2, 0) is 35.9 Å². The number of carbonyl (C=O) groups excluding carboxylic acids is 1. The number of carbonyl (C=O) groups is 1. The molecule has 178 valence electrons. The van der Waals surface area contributed by atoms with Crippen LogP contribution in [0.4, 0.5) is 0 Å². The quantitative estimate of drug-likeness (QED) is 0.585. The summed E-state index contributed by atoms with van der Waals surface area (Å²) in [5.74, 6) is -3.20. The first kappa shape index (κ1) is 23.9. The fourth-order valence-corrected chi connectivity index (χ4v) is 4.51. The van der Waals surface area contributed by atoms with Crippen LogP contribution >= 0.6 is 11.6 Å². The van der Waals surface area contributed by atoms with Crippen molar-refractivity contribution in [1.29, 1.82) is 0 Å². The molecule has 0 aromatic heterocycles. The van der Waals surface area contributed by atoms with Crippen LogP contribution in [0.1, 0.15) is 30.5 Å². The summed E-state index contributed by atoms with van der Waals surface area (Å²) in [7, 11) is 1.35. The standard InChI is InChI=1S/C24H27ClO8/c1-4-30-18-8-5-15(6-9-18)11-16-12-17(7-10-19(16)25)24-22(28)20(32-14(2)26)21(27)23(29-3,33-24)13-31-24/h5-10,12,20-22,27-28H,4,11,13H2,1-3H3/t20-,21-,22+,23-,24-/m0/s1. The Morgan fingerprint density at radius 2 is 1.91 bits per heavy atom. The van der Waals surface area contributed by atoms with Crippen molar-refractivity contribution in [3.8, 4) is 5.75 Å². The number of ether oxygens (including phenoxy) is 5. The summed E-state index contributed by atoms with van der Waals surface area (Å²) >= 11 is 6.47. The molecule has 2 aromatic carbocycles. The van der Waals surface area contributed by atoms with Crippen molar-refractivity contribution in [1.82, 2.24) is 0 Å². The van der Waals surface area contributed by atoms with Crippen molar-refractivity contribution >= 4 is 17.6 Å². The van der Waals surface area contributed by atoms with Gasteiger partial charge in [-0.05, 0) is 48.7 Å². The minimum Gasteiger partial charge on any atom is -0.494 e. The second-order valence-electron chi connectivity index (χ2n) is 8.10. The Labute approximate surface area is 196 Å². The highest BCUT2D eigenvalue weighted by atomic mass is 35.5. The molecule has 0 amide bonds. The van der Waals surface area contributed by atoms with Crippen LogP contribution in [0.2, 0.25) is 5.02 Å². The summed E-state index contributed by atoms with van der Waals surface area (Å²) in [5, 5.41) is 22.4. The lowest BCUT2D eigenvalue weighted by Crippen LogP contribution is -2.65. The molecule has 2 aliphatic rings. The summed E-state index contributed by atoms with van der Waals surface area (Å²) in [6.07, 6.45) is -3.77. The maximum Gasteiger partial charge on any atom is 0.303 e. The lowest BCUT2D eigenvalue weighted by molar-refractivity contribution is -0.375. The molecule has 4 rings (SSSR count). The highest BCUT2D eigenvalue weighted by Crippen LogP contribution is 2.51. The van der Waals surface area contributed by atoms with E-state index < -0.39 is 35.9 Å². The molecule has 0 unspecified atom stereocenters. The van der Waals surface area contributed by atoms with E-state index in [-0.39, 0.29) is 6.61 Å². The third-order valence-electron chi connectivity index (χ3n) is 6.00. The molecule has 0 radical (unpaired) electrons. The van der Waals surface area contributed by atoms with Crippen LogP contribution in [0.3, 0.4) is 0 Å². The molecule has 2 aromatic rings. The highest BCUT2D eigenvalue weighted by Gasteiger charge is 2.69. The van der Waals surface area contributed by atoms with Crippen LogP contribution in [0.25, 0.3) is 0 Å². The molecule has 5 atom stereocenters. The molecule has 2 fully saturated rings. The number of hydrogen-bond acceptors (Lipinski definition) is 8. The molecule has 2 bridgehead atoms. The fraction of sp³-hybridized carbons (Fsp3) is 0.458. The number of methoxy groups -OCH3 is 1. The maximum atomic E-state index is 11.6. The van der Waals surface area contributed by atoms with Gasteiger partial charge >= 0.3 is 5.97 Å². The monoisotopic (exact) mass is 478 g/mol. The second kappa shape index (κ2) is 9.21. The number of fused-ring (bicyclic) bond motifs is 2. The van der Waals surface area contributed by atoms with Gasteiger partial charge in [0.2, 0.25) is 11.6 Å². The van der Waals surface area contributed by atoms with Crippen LogP contribution in [0.15, 0.2) is 42.5 Å². The Balaban J connectivity index is 1.68. The van der Waals surface area contributed by atoms with E-state index in [1.54, 1.807) is 18.2 Å². The predicted molar refractivity (Wildman–Crippen MR) is 118 cm³/mol. The van der Waals surface area contributed by atoms with Gasteiger partial charge in [0, 0.05) is 24.6 Å². The number of benzene rings is 2. The topological polar surface area (TPSA) is 104 Å². The van der Waals surface area contributed by atoms with E-state index in [1.807, 2.05) is 31.2 Å². The van der Waals surface area contributed by atoms with Crippen molar-refractivity contribution < 1.29 is 38.7 Å². The maximum absolute atomic E-state index is 11.6. The molecule has 33 heavy (non-hydrogen) atoms. The molecule has 0 aliphatic carbocycles. The molecule has 0 saturated carbocycles. The van der Waals surface area contributed by atoms with Gasteiger partial charge in [0.1, 0.15) is 18.5 Å². The number of esters is 1. The van der Waals surface area contributed by atoms with Gasteiger partial charge in [0.05, 0.1) is 6.61 Å². The normalized spacial score (nSPS) is 30.8. The Bertz CT molecular complexity index is 1010. The molecule has 2 N–H and O–H groups in total. The third-order valence-corrected chi connectivity index (χ3v) is 6.37. The van der Waals surface area contributed by atoms with Crippen molar-refractivity contribution in [3.05, 3.63) is 64.2 Å². The minimum atomic E-state index is -1.71. The summed E-state index contributed by atoms with van der Waals surface area (Å²) in [6, 6.07) is 12.8. The summed E-state index contributed by atoms with van der Waals surface area (Å²) in [6.45, 7) is 3.54. The van der Waals surface area contributed by atoms with Crippen molar-refractivity contribution in [2.24, 2.45) is 0 Å². The fourth-order valence-electron chi connectivity index (χ4n) is 4.33. The van der Waals surface area contributed by atoms with E-state index in [0.717, 1.165) is 16.9 Å². The van der Waals surface area contributed by atoms with Crippen LogP contribution in [0.5, 0.6) is 5.75 Å². The van der Waals surface area contributed by atoms with Gasteiger partial charge in [0.15, 0.2) is 12.2 Å². The van der Waals surface area contributed by atoms with E-state index in [9.17, 15) is 15.0 Å². The van der Waals surface area contributed by atoms with E-state index >= 15 is 0 Å². The van der Waals surface area contributed by atoms with E-state index in [4.69, 9.17) is 35.3 Å². The molecule has 2 heterocycles. The Morgan fingerprint density at radius 3 is 2.55 bits per heavy atom. The van der Waals surface area contributed by atoms with E-state index in [2.05, 4.69) is 0 Å². The Hall–Kier alpha value is -2.20. The van der Waals surface area contributed by atoms with Crippen LogP contribution in [0, 0.1) is 0 Å². The number of hydrogen-bond donors (Lipinski definition) is 2.